The van der Waals surface area contributed by atoms with E-state index in [0.29, 0.717) is 6.04 Å². The average Bonchev–Trinajstić information content (AvgIpc) is 2.77. The predicted octanol–water partition coefficient (Wildman–Crippen LogP) is 4.87. The fraction of sp³-hybridized carbons (Fsp3) is 0.467. The van der Waals surface area contributed by atoms with E-state index >= 15 is 0 Å². The topological polar surface area (TPSA) is 25.2 Å². The lowest BCUT2D eigenvalue weighted by Gasteiger charge is -2.11. The largest absolute Gasteiger partial charge is 0.459 e. The van der Waals surface area contributed by atoms with Crippen molar-refractivity contribution in [2.24, 2.45) is 0 Å². The van der Waals surface area contributed by atoms with Crippen LogP contribution in [0.3, 0.4) is 0 Å². The van der Waals surface area contributed by atoms with Crippen LogP contribution in [0.15, 0.2) is 21.0 Å². The van der Waals surface area contributed by atoms with Crippen LogP contribution in [-0.2, 0) is 0 Å². The number of aryl methyl sites for hydroxylation is 2. The molecule has 0 saturated carbocycles. The molecule has 0 aliphatic carbocycles. The number of benzene rings is 1. The minimum absolute atomic E-state index is 0.306. The molecule has 1 aromatic heterocycles. The van der Waals surface area contributed by atoms with E-state index in [4.69, 9.17) is 4.42 Å². The van der Waals surface area contributed by atoms with E-state index in [2.05, 4.69) is 61.1 Å². The van der Waals surface area contributed by atoms with Crippen LogP contribution in [0, 0.1) is 13.8 Å². The van der Waals surface area contributed by atoms with Crippen molar-refractivity contribution in [3.63, 3.8) is 0 Å². The first-order valence-electron chi connectivity index (χ1n) is 6.51. The molecule has 0 saturated heterocycles. The average molecular weight is 310 g/mol. The highest BCUT2D eigenvalue weighted by molar-refractivity contribution is 9.10. The van der Waals surface area contributed by atoms with Gasteiger partial charge in [-0.25, -0.2) is 0 Å². The van der Waals surface area contributed by atoms with Gasteiger partial charge in [-0.15, -0.1) is 0 Å². The number of hydrogen-bond acceptors (Lipinski definition) is 2. The van der Waals surface area contributed by atoms with Crippen LogP contribution >= 0.6 is 15.9 Å². The summed E-state index contributed by atoms with van der Waals surface area (Å²) < 4.78 is 7.19. The van der Waals surface area contributed by atoms with E-state index in [1.54, 1.807) is 0 Å². The maximum atomic E-state index is 6.01. The molecule has 18 heavy (non-hydrogen) atoms. The molecule has 0 spiro atoms. The van der Waals surface area contributed by atoms with Gasteiger partial charge in [0, 0.05) is 9.86 Å². The van der Waals surface area contributed by atoms with Crippen LogP contribution in [0.4, 0.5) is 0 Å². The van der Waals surface area contributed by atoms with E-state index in [1.807, 2.05) is 0 Å². The van der Waals surface area contributed by atoms with E-state index in [-0.39, 0.29) is 0 Å². The van der Waals surface area contributed by atoms with Crippen molar-refractivity contribution >= 4 is 26.9 Å². The maximum absolute atomic E-state index is 6.01. The van der Waals surface area contributed by atoms with Gasteiger partial charge in [-0.05, 0) is 50.1 Å². The second-order valence-electron chi connectivity index (χ2n) is 4.71. The quantitative estimate of drug-likeness (QED) is 0.871. The van der Waals surface area contributed by atoms with E-state index < -0.39 is 0 Å². The molecule has 0 bridgehead atoms. The molecule has 0 amide bonds. The number of nitrogens with one attached hydrogen (secondary N) is 1. The number of rotatable bonds is 4. The molecule has 0 radical (unpaired) electrons. The van der Waals surface area contributed by atoms with Crippen LogP contribution in [0.2, 0.25) is 0 Å². The lowest BCUT2D eigenvalue weighted by molar-refractivity contribution is 0.428. The van der Waals surface area contributed by atoms with Crippen molar-refractivity contribution in [3.05, 3.63) is 33.5 Å². The molecule has 3 heteroatoms. The lowest BCUT2D eigenvalue weighted by Crippen LogP contribution is -2.19. The summed E-state index contributed by atoms with van der Waals surface area (Å²) in [6.45, 7) is 9.48. The Bertz CT molecular complexity index is 559. The van der Waals surface area contributed by atoms with Crippen LogP contribution in [0.1, 0.15) is 43.2 Å². The third-order valence-corrected chi connectivity index (χ3v) is 4.63. The van der Waals surface area contributed by atoms with Gasteiger partial charge in [-0.1, -0.05) is 29.8 Å². The van der Waals surface area contributed by atoms with Crippen molar-refractivity contribution in [3.8, 4) is 0 Å². The fourth-order valence-electron chi connectivity index (χ4n) is 2.36. The number of furan rings is 1. The summed E-state index contributed by atoms with van der Waals surface area (Å²) in [6, 6.07) is 4.58. The molecular formula is C15H20BrNO. The normalized spacial score (nSPS) is 13.2. The minimum atomic E-state index is 0.306. The Hall–Kier alpha value is -0.800. The van der Waals surface area contributed by atoms with E-state index in [1.165, 1.54) is 21.0 Å². The summed E-state index contributed by atoms with van der Waals surface area (Å²) in [5.74, 6) is 1.04. The minimum Gasteiger partial charge on any atom is -0.459 e. The molecule has 0 fully saturated rings. The second-order valence-corrected chi connectivity index (χ2v) is 5.50. The highest BCUT2D eigenvalue weighted by Gasteiger charge is 2.16. The summed E-state index contributed by atoms with van der Waals surface area (Å²) in [5.41, 5.74) is 3.46. The predicted molar refractivity (Wildman–Crippen MR) is 80.1 cm³/mol. The van der Waals surface area contributed by atoms with E-state index in [0.717, 1.165) is 24.3 Å². The molecule has 2 nitrogen and oxygen atoms in total. The zero-order valence-corrected chi connectivity index (χ0v) is 13.0. The molecule has 98 valence electrons. The smallest absolute Gasteiger partial charge is 0.134 e. The van der Waals surface area contributed by atoms with Crippen LogP contribution in [0.25, 0.3) is 11.0 Å². The Balaban J connectivity index is 2.53. The Morgan fingerprint density at radius 2 is 2.00 bits per heavy atom. The summed E-state index contributed by atoms with van der Waals surface area (Å²) in [7, 11) is 0. The van der Waals surface area contributed by atoms with E-state index in [9.17, 15) is 0 Å². The third kappa shape index (κ3) is 2.34. The van der Waals surface area contributed by atoms with Gasteiger partial charge in [0.05, 0.1) is 6.04 Å². The maximum Gasteiger partial charge on any atom is 0.134 e. The Labute approximate surface area is 117 Å². The fourth-order valence-corrected chi connectivity index (χ4v) is 2.69. The monoisotopic (exact) mass is 309 g/mol. The molecule has 1 aromatic carbocycles. The molecule has 1 heterocycles. The standard InChI is InChI=1S/C15H20BrNO/c1-5-12(17-6-2)14-8-11-10(4)15(16)9(3)7-13(11)18-14/h7-8,12,17H,5-6H2,1-4H3. The Morgan fingerprint density at radius 3 is 2.61 bits per heavy atom. The Kier molecular flexibility index (Phi) is 4.13. The first kappa shape index (κ1) is 13.6. The zero-order valence-electron chi connectivity index (χ0n) is 11.4. The first-order valence-corrected chi connectivity index (χ1v) is 7.30. The van der Waals surface area contributed by atoms with Crippen LogP contribution < -0.4 is 5.32 Å². The molecular weight excluding hydrogens is 290 g/mol. The van der Waals surface area contributed by atoms with Gasteiger partial charge in [-0.3, -0.25) is 0 Å². The number of fused-ring (bicyclic) bond motifs is 1. The molecule has 1 N–H and O–H groups in total. The van der Waals surface area contributed by atoms with Gasteiger partial charge in [0.2, 0.25) is 0 Å². The van der Waals surface area contributed by atoms with Gasteiger partial charge in [0.1, 0.15) is 11.3 Å². The molecule has 2 aromatic rings. The van der Waals surface area contributed by atoms with Crippen molar-refractivity contribution in [2.75, 3.05) is 6.54 Å². The summed E-state index contributed by atoms with van der Waals surface area (Å²) in [6.07, 6.45) is 1.03. The van der Waals surface area contributed by atoms with Crippen molar-refractivity contribution < 1.29 is 4.42 Å². The third-order valence-electron chi connectivity index (χ3n) is 3.41. The second kappa shape index (κ2) is 5.45. The Morgan fingerprint density at radius 1 is 1.28 bits per heavy atom. The van der Waals surface area contributed by atoms with Gasteiger partial charge in [0.15, 0.2) is 0 Å². The SMILES string of the molecule is CCNC(CC)c1cc2c(C)c(Br)c(C)cc2o1. The molecule has 1 unspecified atom stereocenters. The summed E-state index contributed by atoms with van der Waals surface area (Å²) >= 11 is 3.64. The van der Waals surface area contributed by atoms with Gasteiger partial charge < -0.3 is 9.73 Å². The number of halogens is 1. The zero-order chi connectivity index (χ0) is 13.3. The van der Waals surface area contributed by atoms with Crippen molar-refractivity contribution in [1.82, 2.24) is 5.32 Å². The van der Waals surface area contributed by atoms with Gasteiger partial charge in [-0.2, -0.15) is 0 Å². The highest BCUT2D eigenvalue weighted by Crippen LogP contribution is 2.33. The molecule has 0 aliphatic heterocycles. The van der Waals surface area contributed by atoms with Crippen molar-refractivity contribution in [1.29, 1.82) is 0 Å². The molecule has 0 aliphatic rings. The van der Waals surface area contributed by atoms with Crippen LogP contribution in [-0.4, -0.2) is 6.54 Å². The van der Waals surface area contributed by atoms with Crippen LogP contribution in [0.5, 0.6) is 0 Å². The first-order chi connectivity index (χ1) is 8.58. The molecule has 2 rings (SSSR count). The van der Waals surface area contributed by atoms with Gasteiger partial charge >= 0.3 is 0 Å². The lowest BCUT2D eigenvalue weighted by atomic mass is 10.1. The summed E-state index contributed by atoms with van der Waals surface area (Å²) in [5, 5.41) is 4.66. The molecule has 1 atom stereocenters. The number of hydrogen-bond donors (Lipinski definition) is 1. The van der Waals surface area contributed by atoms with Gasteiger partial charge in [0.25, 0.3) is 0 Å². The highest BCUT2D eigenvalue weighted by atomic mass is 79.9. The summed E-state index contributed by atoms with van der Waals surface area (Å²) in [4.78, 5) is 0. The van der Waals surface area contributed by atoms with Crippen molar-refractivity contribution in [2.45, 2.75) is 40.2 Å².